The van der Waals surface area contributed by atoms with Gasteiger partial charge in [0.15, 0.2) is 0 Å². The summed E-state index contributed by atoms with van der Waals surface area (Å²) in [6.45, 7) is 2.21. The smallest absolute Gasteiger partial charge is 0.270 e. The van der Waals surface area contributed by atoms with Gasteiger partial charge in [-0.2, -0.15) is 0 Å². The molecule has 0 aliphatic heterocycles. The molecule has 2 rings (SSSR count). The zero-order chi connectivity index (χ0) is 13.0. The molecule has 0 bridgehead atoms. The molecule has 98 valence electrons. The van der Waals surface area contributed by atoms with Gasteiger partial charge < -0.3 is 5.32 Å². The first-order chi connectivity index (χ1) is 8.66. The maximum Gasteiger partial charge on any atom is 0.270 e. The standard InChI is InChI=1S/C14H19ClN2O/c1-10-5-3-2-4-6-12(10)17-14(18)13-9-11(15)7-8-16-13/h7-10,12H,2-6H2,1H3,(H,17,18). The molecular weight excluding hydrogens is 248 g/mol. The first-order valence-corrected chi connectivity index (χ1v) is 6.97. The van der Waals surface area contributed by atoms with Crippen molar-refractivity contribution in [2.45, 2.75) is 45.1 Å². The van der Waals surface area contributed by atoms with Crippen LogP contribution in [0.15, 0.2) is 18.3 Å². The van der Waals surface area contributed by atoms with Gasteiger partial charge in [-0.1, -0.05) is 37.8 Å². The van der Waals surface area contributed by atoms with E-state index in [0.29, 0.717) is 16.6 Å². The molecule has 2 atom stereocenters. The van der Waals surface area contributed by atoms with Crippen LogP contribution in [0.5, 0.6) is 0 Å². The van der Waals surface area contributed by atoms with Crippen LogP contribution in [0.1, 0.15) is 49.5 Å². The lowest BCUT2D eigenvalue weighted by molar-refractivity contribution is 0.0916. The summed E-state index contributed by atoms with van der Waals surface area (Å²) in [4.78, 5) is 16.1. The topological polar surface area (TPSA) is 42.0 Å². The third-order valence-corrected chi connectivity index (χ3v) is 3.87. The lowest BCUT2D eigenvalue weighted by Gasteiger charge is -2.22. The lowest BCUT2D eigenvalue weighted by atomic mass is 9.97. The molecule has 1 aromatic rings. The van der Waals surface area contributed by atoms with Crippen LogP contribution >= 0.6 is 11.6 Å². The Bertz CT molecular complexity index is 422. The molecule has 0 aromatic carbocycles. The molecule has 2 unspecified atom stereocenters. The number of carbonyl (C=O) groups is 1. The maximum absolute atomic E-state index is 12.1. The van der Waals surface area contributed by atoms with Crippen molar-refractivity contribution in [3.63, 3.8) is 0 Å². The molecule has 4 heteroatoms. The van der Waals surface area contributed by atoms with Crippen LogP contribution < -0.4 is 5.32 Å². The monoisotopic (exact) mass is 266 g/mol. The van der Waals surface area contributed by atoms with Crippen LogP contribution in [-0.2, 0) is 0 Å². The maximum atomic E-state index is 12.1. The van der Waals surface area contributed by atoms with Gasteiger partial charge in [0, 0.05) is 17.3 Å². The minimum absolute atomic E-state index is 0.115. The van der Waals surface area contributed by atoms with E-state index in [1.807, 2.05) is 0 Å². The van der Waals surface area contributed by atoms with Gasteiger partial charge in [-0.25, -0.2) is 0 Å². The number of pyridine rings is 1. The normalized spacial score (nSPS) is 24.3. The highest BCUT2D eigenvalue weighted by Crippen LogP contribution is 2.23. The van der Waals surface area contributed by atoms with Gasteiger partial charge in [0.25, 0.3) is 5.91 Å². The second kappa shape index (κ2) is 6.19. The largest absolute Gasteiger partial charge is 0.348 e. The predicted molar refractivity (Wildman–Crippen MR) is 72.8 cm³/mol. The van der Waals surface area contributed by atoms with Gasteiger partial charge in [-0.3, -0.25) is 9.78 Å². The zero-order valence-electron chi connectivity index (χ0n) is 10.7. The van der Waals surface area contributed by atoms with Crippen LogP contribution in [0.25, 0.3) is 0 Å². The molecule has 0 spiro atoms. The summed E-state index contributed by atoms with van der Waals surface area (Å²) < 4.78 is 0. The summed E-state index contributed by atoms with van der Waals surface area (Å²) in [5.74, 6) is 0.423. The second-order valence-electron chi connectivity index (χ2n) is 5.05. The van der Waals surface area contributed by atoms with Crippen molar-refractivity contribution in [2.24, 2.45) is 5.92 Å². The van der Waals surface area contributed by atoms with E-state index >= 15 is 0 Å². The van der Waals surface area contributed by atoms with Crippen molar-refractivity contribution in [2.75, 3.05) is 0 Å². The van der Waals surface area contributed by atoms with Crippen molar-refractivity contribution in [3.8, 4) is 0 Å². The number of rotatable bonds is 2. The van der Waals surface area contributed by atoms with Gasteiger partial charge >= 0.3 is 0 Å². The molecule has 1 fully saturated rings. The lowest BCUT2D eigenvalue weighted by Crippen LogP contribution is -2.39. The molecular formula is C14H19ClN2O. The third kappa shape index (κ3) is 3.45. The van der Waals surface area contributed by atoms with Crippen molar-refractivity contribution in [1.29, 1.82) is 0 Å². The van der Waals surface area contributed by atoms with E-state index in [-0.39, 0.29) is 11.9 Å². The number of aromatic nitrogens is 1. The van der Waals surface area contributed by atoms with E-state index in [9.17, 15) is 4.79 Å². The molecule has 1 amide bonds. The second-order valence-corrected chi connectivity index (χ2v) is 5.49. The Balaban J connectivity index is 2.01. The van der Waals surface area contributed by atoms with E-state index in [1.165, 1.54) is 25.7 Å². The molecule has 0 radical (unpaired) electrons. The van der Waals surface area contributed by atoms with Gasteiger partial charge in [-0.15, -0.1) is 0 Å². The Labute approximate surface area is 113 Å². The summed E-state index contributed by atoms with van der Waals surface area (Å²) in [6, 6.07) is 3.55. The van der Waals surface area contributed by atoms with Gasteiger partial charge in [0.1, 0.15) is 5.69 Å². The number of hydrogen-bond acceptors (Lipinski definition) is 2. The predicted octanol–water partition coefficient (Wildman–Crippen LogP) is 3.43. The van der Waals surface area contributed by atoms with Crippen molar-refractivity contribution in [3.05, 3.63) is 29.0 Å². The molecule has 1 aliphatic rings. The van der Waals surface area contributed by atoms with E-state index < -0.39 is 0 Å². The molecule has 1 aromatic heterocycles. The Morgan fingerprint density at radius 1 is 1.39 bits per heavy atom. The van der Waals surface area contributed by atoms with Crippen molar-refractivity contribution < 1.29 is 4.79 Å². The molecule has 1 aliphatic carbocycles. The van der Waals surface area contributed by atoms with Gasteiger partial charge in [0.2, 0.25) is 0 Å². The molecule has 1 saturated carbocycles. The van der Waals surface area contributed by atoms with Crippen LogP contribution in [-0.4, -0.2) is 16.9 Å². The number of nitrogens with zero attached hydrogens (tertiary/aromatic N) is 1. The van der Waals surface area contributed by atoms with Gasteiger partial charge in [0.05, 0.1) is 0 Å². The van der Waals surface area contributed by atoms with Crippen molar-refractivity contribution >= 4 is 17.5 Å². The number of hydrogen-bond donors (Lipinski definition) is 1. The van der Waals surface area contributed by atoms with E-state index in [4.69, 9.17) is 11.6 Å². The third-order valence-electron chi connectivity index (χ3n) is 3.63. The zero-order valence-corrected chi connectivity index (χ0v) is 11.4. The summed E-state index contributed by atoms with van der Waals surface area (Å²) >= 11 is 5.87. The van der Waals surface area contributed by atoms with Crippen LogP contribution in [0, 0.1) is 5.92 Å². The average molecular weight is 267 g/mol. The number of amides is 1. The molecule has 3 nitrogen and oxygen atoms in total. The fourth-order valence-corrected chi connectivity index (χ4v) is 2.64. The number of halogens is 1. The summed E-state index contributed by atoms with van der Waals surface area (Å²) in [6.07, 6.45) is 7.54. The summed E-state index contributed by atoms with van der Waals surface area (Å²) in [5, 5.41) is 3.64. The van der Waals surface area contributed by atoms with Crippen LogP contribution in [0.2, 0.25) is 5.02 Å². The quantitative estimate of drug-likeness (QED) is 0.834. The van der Waals surface area contributed by atoms with E-state index in [0.717, 1.165) is 6.42 Å². The highest BCUT2D eigenvalue weighted by molar-refractivity contribution is 6.30. The van der Waals surface area contributed by atoms with Crippen molar-refractivity contribution in [1.82, 2.24) is 10.3 Å². The summed E-state index contributed by atoms with van der Waals surface area (Å²) in [5.41, 5.74) is 0.402. The van der Waals surface area contributed by atoms with E-state index in [2.05, 4.69) is 17.2 Å². The average Bonchev–Trinajstić information content (AvgIpc) is 2.55. The first-order valence-electron chi connectivity index (χ1n) is 6.59. The minimum Gasteiger partial charge on any atom is -0.348 e. The van der Waals surface area contributed by atoms with Crippen LogP contribution in [0.3, 0.4) is 0 Å². The highest BCUT2D eigenvalue weighted by Gasteiger charge is 2.22. The summed E-state index contributed by atoms with van der Waals surface area (Å²) in [7, 11) is 0. The van der Waals surface area contributed by atoms with Crippen LogP contribution in [0.4, 0.5) is 0 Å². The molecule has 1 heterocycles. The minimum atomic E-state index is -0.115. The first kappa shape index (κ1) is 13.3. The molecule has 1 N–H and O–H groups in total. The molecule has 0 saturated heterocycles. The fourth-order valence-electron chi connectivity index (χ4n) is 2.48. The number of nitrogens with one attached hydrogen (secondary N) is 1. The highest BCUT2D eigenvalue weighted by atomic mass is 35.5. The fraction of sp³-hybridized carbons (Fsp3) is 0.571. The number of carbonyl (C=O) groups excluding carboxylic acids is 1. The SMILES string of the molecule is CC1CCCCCC1NC(=O)c1cc(Cl)ccn1. The Hall–Kier alpha value is -1.09. The van der Waals surface area contributed by atoms with E-state index in [1.54, 1.807) is 18.3 Å². The Morgan fingerprint density at radius 3 is 2.94 bits per heavy atom. The Kier molecular flexibility index (Phi) is 4.59. The van der Waals surface area contributed by atoms with Gasteiger partial charge in [-0.05, 0) is 30.9 Å². The Morgan fingerprint density at radius 2 is 2.17 bits per heavy atom. The molecule has 18 heavy (non-hydrogen) atoms.